The second-order valence-corrected chi connectivity index (χ2v) is 5.58. The number of methoxy groups -OCH3 is 2. The first kappa shape index (κ1) is 19.8. The van der Waals surface area contributed by atoms with E-state index in [1.165, 1.54) is 14.0 Å². The van der Waals surface area contributed by atoms with E-state index in [0.29, 0.717) is 30.3 Å². The number of benzene rings is 1. The molecule has 6 heteroatoms. The number of nitrogens with one attached hydrogen (secondary N) is 1. The fourth-order valence-electron chi connectivity index (χ4n) is 2.33. The number of anilines is 1. The molecule has 0 bridgehead atoms. The minimum absolute atomic E-state index is 0.000862. The van der Waals surface area contributed by atoms with Crippen molar-refractivity contribution in [3.05, 3.63) is 18.2 Å². The van der Waals surface area contributed by atoms with Crippen LogP contribution in [0.1, 0.15) is 39.5 Å². The topological polar surface area (TPSA) is 67.9 Å². The van der Waals surface area contributed by atoms with E-state index >= 15 is 0 Å². The minimum atomic E-state index is -0.153. The largest absolute Gasteiger partial charge is 0.497 e. The monoisotopic (exact) mass is 336 g/mol. The smallest absolute Gasteiger partial charge is 0.226 e. The van der Waals surface area contributed by atoms with Gasteiger partial charge in [-0.1, -0.05) is 19.8 Å². The van der Waals surface area contributed by atoms with Crippen molar-refractivity contribution >= 4 is 17.5 Å². The van der Waals surface area contributed by atoms with Gasteiger partial charge in [-0.2, -0.15) is 0 Å². The van der Waals surface area contributed by atoms with Crippen LogP contribution in [-0.2, 0) is 9.59 Å². The first-order valence-corrected chi connectivity index (χ1v) is 8.29. The maximum Gasteiger partial charge on any atom is 0.226 e. The van der Waals surface area contributed by atoms with E-state index in [4.69, 9.17) is 9.47 Å². The molecule has 1 aromatic carbocycles. The van der Waals surface area contributed by atoms with Crippen molar-refractivity contribution in [1.82, 2.24) is 4.90 Å². The van der Waals surface area contributed by atoms with Gasteiger partial charge in [-0.05, 0) is 18.6 Å². The number of nitrogens with zero attached hydrogens (tertiary/aromatic N) is 1. The molecule has 0 unspecified atom stereocenters. The van der Waals surface area contributed by atoms with Crippen LogP contribution in [0.4, 0.5) is 5.69 Å². The van der Waals surface area contributed by atoms with Crippen LogP contribution in [-0.4, -0.2) is 44.0 Å². The average Bonchev–Trinajstić information content (AvgIpc) is 2.57. The van der Waals surface area contributed by atoms with Crippen molar-refractivity contribution in [2.45, 2.75) is 39.5 Å². The standard InChI is InChI=1S/C18H28N2O4/c1-5-6-7-11-20(14(2)21)12-10-18(22)19-16-9-8-15(23-3)13-17(16)24-4/h8-9,13H,5-7,10-12H2,1-4H3,(H,19,22). The van der Waals surface area contributed by atoms with E-state index in [1.807, 2.05) is 0 Å². The summed E-state index contributed by atoms with van der Waals surface area (Å²) in [6, 6.07) is 5.20. The van der Waals surface area contributed by atoms with Gasteiger partial charge in [-0.25, -0.2) is 0 Å². The van der Waals surface area contributed by atoms with Crippen molar-refractivity contribution in [1.29, 1.82) is 0 Å². The molecular formula is C18H28N2O4. The normalized spacial score (nSPS) is 10.2. The summed E-state index contributed by atoms with van der Waals surface area (Å²) in [6.45, 7) is 4.77. The van der Waals surface area contributed by atoms with Gasteiger partial charge in [-0.15, -0.1) is 0 Å². The molecule has 0 aromatic heterocycles. The van der Waals surface area contributed by atoms with Crippen LogP contribution in [0.2, 0.25) is 0 Å². The molecule has 0 aliphatic heterocycles. The number of carbonyl (C=O) groups is 2. The molecule has 0 spiro atoms. The lowest BCUT2D eigenvalue weighted by Gasteiger charge is -2.20. The minimum Gasteiger partial charge on any atom is -0.497 e. The quantitative estimate of drug-likeness (QED) is 0.667. The summed E-state index contributed by atoms with van der Waals surface area (Å²) >= 11 is 0. The van der Waals surface area contributed by atoms with Gasteiger partial charge in [0.2, 0.25) is 11.8 Å². The fraction of sp³-hybridized carbons (Fsp3) is 0.556. The highest BCUT2D eigenvalue weighted by molar-refractivity contribution is 5.92. The number of unbranched alkanes of at least 4 members (excludes halogenated alkanes) is 2. The Morgan fingerprint density at radius 3 is 2.46 bits per heavy atom. The zero-order valence-corrected chi connectivity index (χ0v) is 15.1. The average molecular weight is 336 g/mol. The van der Waals surface area contributed by atoms with Gasteiger partial charge in [0, 0.05) is 32.5 Å². The Kier molecular flexibility index (Phi) is 8.68. The molecule has 1 rings (SSSR count). The number of ether oxygens (including phenoxy) is 2. The van der Waals surface area contributed by atoms with Crippen LogP contribution in [0.5, 0.6) is 11.5 Å². The highest BCUT2D eigenvalue weighted by atomic mass is 16.5. The molecule has 0 saturated heterocycles. The zero-order chi connectivity index (χ0) is 17.9. The Labute approximate surface area is 144 Å². The predicted octanol–water partition coefficient (Wildman–Crippen LogP) is 3.07. The molecule has 0 fully saturated rings. The van der Waals surface area contributed by atoms with Gasteiger partial charge in [0.15, 0.2) is 0 Å². The van der Waals surface area contributed by atoms with Crippen LogP contribution >= 0.6 is 0 Å². The lowest BCUT2D eigenvalue weighted by molar-refractivity contribution is -0.129. The molecule has 1 aromatic rings. The second-order valence-electron chi connectivity index (χ2n) is 5.58. The van der Waals surface area contributed by atoms with Crippen molar-refractivity contribution in [3.8, 4) is 11.5 Å². The Hall–Kier alpha value is -2.24. The van der Waals surface area contributed by atoms with Gasteiger partial charge in [0.25, 0.3) is 0 Å². The number of rotatable bonds is 10. The summed E-state index contributed by atoms with van der Waals surface area (Å²) in [7, 11) is 3.11. The fourth-order valence-corrected chi connectivity index (χ4v) is 2.33. The van der Waals surface area contributed by atoms with E-state index in [-0.39, 0.29) is 18.2 Å². The van der Waals surface area contributed by atoms with E-state index in [0.717, 1.165) is 19.3 Å². The molecule has 6 nitrogen and oxygen atoms in total. The zero-order valence-electron chi connectivity index (χ0n) is 15.1. The van der Waals surface area contributed by atoms with Crippen LogP contribution in [0.15, 0.2) is 18.2 Å². The van der Waals surface area contributed by atoms with Crippen LogP contribution in [0.25, 0.3) is 0 Å². The van der Waals surface area contributed by atoms with Crippen molar-refractivity contribution in [2.75, 3.05) is 32.6 Å². The summed E-state index contributed by atoms with van der Waals surface area (Å²) in [5.41, 5.74) is 0.587. The van der Waals surface area contributed by atoms with Gasteiger partial charge in [0.05, 0.1) is 19.9 Å². The number of amides is 2. The predicted molar refractivity (Wildman–Crippen MR) is 94.6 cm³/mol. The SMILES string of the molecule is CCCCCN(CCC(=O)Nc1ccc(OC)cc1OC)C(C)=O. The van der Waals surface area contributed by atoms with Crippen LogP contribution in [0, 0.1) is 0 Å². The number of hydrogen-bond acceptors (Lipinski definition) is 4. The van der Waals surface area contributed by atoms with Gasteiger partial charge < -0.3 is 19.7 Å². The summed E-state index contributed by atoms with van der Waals surface area (Å²) < 4.78 is 10.4. The van der Waals surface area contributed by atoms with E-state index in [2.05, 4.69) is 12.2 Å². The molecular weight excluding hydrogens is 308 g/mol. The molecule has 134 valence electrons. The van der Waals surface area contributed by atoms with Gasteiger partial charge in [0.1, 0.15) is 11.5 Å². The van der Waals surface area contributed by atoms with Crippen LogP contribution < -0.4 is 14.8 Å². The third-order valence-electron chi connectivity index (χ3n) is 3.77. The van der Waals surface area contributed by atoms with Gasteiger partial charge in [-0.3, -0.25) is 9.59 Å². The number of carbonyl (C=O) groups excluding carboxylic acids is 2. The molecule has 0 aliphatic rings. The second kappa shape index (κ2) is 10.5. The van der Waals surface area contributed by atoms with Gasteiger partial charge >= 0.3 is 0 Å². The van der Waals surface area contributed by atoms with Crippen molar-refractivity contribution < 1.29 is 19.1 Å². The molecule has 0 atom stereocenters. The maximum absolute atomic E-state index is 12.2. The van der Waals surface area contributed by atoms with Crippen LogP contribution in [0.3, 0.4) is 0 Å². The van der Waals surface area contributed by atoms with E-state index < -0.39 is 0 Å². The highest BCUT2D eigenvalue weighted by Gasteiger charge is 2.13. The molecule has 2 amide bonds. The third kappa shape index (κ3) is 6.48. The summed E-state index contributed by atoms with van der Waals surface area (Å²) in [5.74, 6) is 1.04. The molecule has 0 heterocycles. The Balaban J connectivity index is 2.57. The Morgan fingerprint density at radius 1 is 1.12 bits per heavy atom. The van der Waals surface area contributed by atoms with E-state index in [1.54, 1.807) is 30.2 Å². The van der Waals surface area contributed by atoms with E-state index in [9.17, 15) is 9.59 Å². The maximum atomic E-state index is 12.2. The molecule has 0 radical (unpaired) electrons. The van der Waals surface area contributed by atoms with Crippen molar-refractivity contribution in [2.24, 2.45) is 0 Å². The molecule has 0 aliphatic carbocycles. The lowest BCUT2D eigenvalue weighted by atomic mass is 10.2. The molecule has 1 N–H and O–H groups in total. The van der Waals surface area contributed by atoms with Crippen molar-refractivity contribution in [3.63, 3.8) is 0 Å². The first-order valence-electron chi connectivity index (χ1n) is 8.29. The summed E-state index contributed by atoms with van der Waals surface area (Å²) in [4.78, 5) is 25.5. The summed E-state index contributed by atoms with van der Waals surface area (Å²) in [6.07, 6.45) is 3.40. The Morgan fingerprint density at radius 2 is 1.88 bits per heavy atom. The highest BCUT2D eigenvalue weighted by Crippen LogP contribution is 2.29. The Bertz CT molecular complexity index is 546. The summed E-state index contributed by atoms with van der Waals surface area (Å²) in [5, 5.41) is 2.82. The molecule has 0 saturated carbocycles. The molecule has 24 heavy (non-hydrogen) atoms. The first-order chi connectivity index (χ1) is 11.5. The third-order valence-corrected chi connectivity index (χ3v) is 3.77. The number of hydrogen-bond donors (Lipinski definition) is 1. The lowest BCUT2D eigenvalue weighted by Crippen LogP contribution is -2.32.